The van der Waals surface area contributed by atoms with E-state index in [4.69, 9.17) is 10.5 Å². The number of nitrogens with zero attached hydrogens (tertiary/aromatic N) is 4. The van der Waals surface area contributed by atoms with E-state index in [0.29, 0.717) is 11.3 Å². The average Bonchev–Trinajstić information content (AvgIpc) is 2.95. The highest BCUT2D eigenvalue weighted by Crippen LogP contribution is 2.29. The van der Waals surface area contributed by atoms with Crippen LogP contribution in [0.1, 0.15) is 11.3 Å². The van der Waals surface area contributed by atoms with Crippen LogP contribution in [0.15, 0.2) is 35.7 Å². The molecule has 0 saturated carbocycles. The van der Waals surface area contributed by atoms with Crippen molar-refractivity contribution in [1.82, 2.24) is 19.9 Å². The predicted molar refractivity (Wildman–Crippen MR) is 97.7 cm³/mol. The number of aromatic nitrogens is 3. The SMILES string of the molecule is CNC(=O)n1c(C)cc2cc(Oc3ncnc(N)c3/C=N/OC)ccc21. The normalized spacial score (nSPS) is 11.0. The summed E-state index contributed by atoms with van der Waals surface area (Å²) in [5.41, 5.74) is 7.85. The summed E-state index contributed by atoms with van der Waals surface area (Å²) in [6, 6.07) is 7.07. The van der Waals surface area contributed by atoms with E-state index < -0.39 is 0 Å². The second-order valence-electron chi connectivity index (χ2n) is 5.39. The van der Waals surface area contributed by atoms with Gasteiger partial charge in [-0.1, -0.05) is 5.16 Å². The minimum Gasteiger partial charge on any atom is -0.438 e. The molecule has 0 atom stereocenters. The number of nitrogens with two attached hydrogens (primary N) is 1. The molecule has 3 aromatic rings. The lowest BCUT2D eigenvalue weighted by molar-refractivity contribution is 0.215. The summed E-state index contributed by atoms with van der Waals surface area (Å²) >= 11 is 0. The van der Waals surface area contributed by atoms with Gasteiger partial charge in [0.1, 0.15) is 30.6 Å². The van der Waals surface area contributed by atoms with Crippen LogP contribution in [-0.2, 0) is 4.84 Å². The maximum absolute atomic E-state index is 12.0. The van der Waals surface area contributed by atoms with E-state index >= 15 is 0 Å². The summed E-state index contributed by atoms with van der Waals surface area (Å²) < 4.78 is 7.44. The largest absolute Gasteiger partial charge is 0.438 e. The summed E-state index contributed by atoms with van der Waals surface area (Å²) in [5.74, 6) is 1.01. The number of benzene rings is 1. The van der Waals surface area contributed by atoms with Gasteiger partial charge in [0.15, 0.2) is 0 Å². The smallest absolute Gasteiger partial charge is 0.325 e. The molecular weight excluding hydrogens is 336 g/mol. The van der Waals surface area contributed by atoms with Gasteiger partial charge in [-0.3, -0.25) is 4.57 Å². The van der Waals surface area contributed by atoms with Gasteiger partial charge in [0, 0.05) is 18.1 Å². The molecule has 134 valence electrons. The van der Waals surface area contributed by atoms with Crippen molar-refractivity contribution in [3.05, 3.63) is 41.9 Å². The fourth-order valence-electron chi connectivity index (χ4n) is 2.59. The van der Waals surface area contributed by atoms with Crippen LogP contribution in [-0.4, -0.2) is 40.9 Å². The third-order valence-electron chi connectivity index (χ3n) is 3.75. The summed E-state index contributed by atoms with van der Waals surface area (Å²) in [6.07, 6.45) is 2.69. The lowest BCUT2D eigenvalue weighted by atomic mass is 10.2. The predicted octanol–water partition coefficient (Wildman–Crippen LogP) is 2.28. The van der Waals surface area contributed by atoms with Gasteiger partial charge in [-0.05, 0) is 31.2 Å². The number of oxime groups is 1. The molecule has 0 fully saturated rings. The van der Waals surface area contributed by atoms with Crippen molar-refractivity contribution < 1.29 is 14.4 Å². The molecule has 0 aliphatic heterocycles. The van der Waals surface area contributed by atoms with E-state index in [1.54, 1.807) is 23.7 Å². The Morgan fingerprint density at radius 2 is 2.15 bits per heavy atom. The van der Waals surface area contributed by atoms with Gasteiger partial charge in [0.2, 0.25) is 5.88 Å². The number of fused-ring (bicyclic) bond motifs is 1. The minimum atomic E-state index is -0.201. The summed E-state index contributed by atoms with van der Waals surface area (Å²) in [5, 5.41) is 7.17. The van der Waals surface area contributed by atoms with Gasteiger partial charge in [0.05, 0.1) is 11.7 Å². The summed E-state index contributed by atoms with van der Waals surface area (Å²) in [4.78, 5) is 24.7. The van der Waals surface area contributed by atoms with Crippen LogP contribution in [0.2, 0.25) is 0 Å². The first-order valence-corrected chi connectivity index (χ1v) is 7.74. The molecule has 0 spiro atoms. The average molecular weight is 354 g/mol. The Hall–Kier alpha value is -3.62. The van der Waals surface area contributed by atoms with Crippen LogP contribution in [0, 0.1) is 6.92 Å². The minimum absolute atomic E-state index is 0.201. The lowest BCUT2D eigenvalue weighted by Crippen LogP contribution is -2.25. The van der Waals surface area contributed by atoms with E-state index in [2.05, 4.69) is 25.3 Å². The lowest BCUT2D eigenvalue weighted by Gasteiger charge is -2.09. The Morgan fingerprint density at radius 1 is 1.35 bits per heavy atom. The molecule has 2 heterocycles. The Labute approximate surface area is 149 Å². The number of nitrogens with one attached hydrogen (secondary N) is 1. The first kappa shape index (κ1) is 17.2. The number of carbonyl (C=O) groups excluding carboxylic acids is 1. The van der Waals surface area contributed by atoms with Gasteiger partial charge in [-0.25, -0.2) is 14.8 Å². The van der Waals surface area contributed by atoms with Gasteiger partial charge >= 0.3 is 6.03 Å². The molecule has 0 radical (unpaired) electrons. The molecule has 9 heteroatoms. The first-order valence-electron chi connectivity index (χ1n) is 7.74. The molecule has 1 amide bonds. The Bertz CT molecular complexity index is 996. The summed E-state index contributed by atoms with van der Waals surface area (Å²) in [7, 11) is 3.01. The van der Waals surface area contributed by atoms with Gasteiger partial charge < -0.3 is 20.6 Å². The third kappa shape index (κ3) is 3.14. The number of hydrogen-bond acceptors (Lipinski definition) is 7. The zero-order chi connectivity index (χ0) is 18.7. The highest BCUT2D eigenvalue weighted by atomic mass is 16.6. The highest BCUT2D eigenvalue weighted by Gasteiger charge is 2.14. The Balaban J connectivity index is 2.00. The molecule has 0 aliphatic rings. The monoisotopic (exact) mass is 354 g/mol. The zero-order valence-electron chi connectivity index (χ0n) is 14.6. The van der Waals surface area contributed by atoms with E-state index in [-0.39, 0.29) is 17.7 Å². The van der Waals surface area contributed by atoms with Crippen molar-refractivity contribution in [1.29, 1.82) is 0 Å². The molecule has 0 aliphatic carbocycles. The molecule has 26 heavy (non-hydrogen) atoms. The number of ether oxygens (including phenoxy) is 1. The van der Waals surface area contributed by atoms with Crippen molar-refractivity contribution in [2.45, 2.75) is 6.92 Å². The van der Waals surface area contributed by atoms with Gasteiger partial charge in [-0.2, -0.15) is 0 Å². The number of rotatable bonds is 4. The standard InChI is InChI=1S/C17H18N6O3/c1-10-6-11-7-12(4-5-14(11)23(10)17(24)19-2)26-16-13(8-22-25-3)15(18)20-9-21-16/h4-9H,1-3H3,(H,19,24)(H2,18,20,21)/b22-8+. The van der Waals surface area contributed by atoms with Crippen LogP contribution in [0.25, 0.3) is 10.9 Å². The van der Waals surface area contributed by atoms with E-state index in [9.17, 15) is 4.79 Å². The van der Waals surface area contributed by atoms with Crippen LogP contribution >= 0.6 is 0 Å². The van der Waals surface area contributed by atoms with Gasteiger partial charge in [-0.15, -0.1) is 0 Å². The maximum atomic E-state index is 12.0. The van der Waals surface area contributed by atoms with Crippen molar-refractivity contribution in [2.24, 2.45) is 5.16 Å². The fraction of sp³-hybridized carbons (Fsp3) is 0.176. The van der Waals surface area contributed by atoms with Crippen molar-refractivity contribution in [3.8, 4) is 11.6 Å². The van der Waals surface area contributed by atoms with E-state index in [0.717, 1.165) is 16.6 Å². The molecule has 1 aromatic carbocycles. The molecule has 0 unspecified atom stereocenters. The first-order chi connectivity index (χ1) is 12.5. The summed E-state index contributed by atoms with van der Waals surface area (Å²) in [6.45, 7) is 1.86. The van der Waals surface area contributed by atoms with Crippen LogP contribution in [0.3, 0.4) is 0 Å². The number of amides is 1. The topological polar surface area (TPSA) is 117 Å². The Morgan fingerprint density at radius 3 is 2.88 bits per heavy atom. The second-order valence-corrected chi connectivity index (χ2v) is 5.39. The number of carbonyl (C=O) groups is 1. The number of hydrogen-bond donors (Lipinski definition) is 2. The van der Waals surface area contributed by atoms with Crippen LogP contribution in [0.5, 0.6) is 11.6 Å². The number of aryl methyl sites for hydroxylation is 1. The molecule has 3 N–H and O–H groups in total. The van der Waals surface area contributed by atoms with Crippen molar-refractivity contribution in [3.63, 3.8) is 0 Å². The highest BCUT2D eigenvalue weighted by molar-refractivity contribution is 5.93. The van der Waals surface area contributed by atoms with E-state index in [1.807, 2.05) is 19.1 Å². The quantitative estimate of drug-likeness (QED) is 0.548. The number of nitrogen functional groups attached to an aromatic ring is 1. The molecule has 9 nitrogen and oxygen atoms in total. The number of anilines is 1. The third-order valence-corrected chi connectivity index (χ3v) is 3.75. The Kier molecular flexibility index (Phi) is 4.70. The molecular formula is C17H18N6O3. The molecule has 0 bridgehead atoms. The fourth-order valence-corrected chi connectivity index (χ4v) is 2.59. The van der Waals surface area contributed by atoms with Crippen LogP contribution < -0.4 is 15.8 Å². The molecule has 3 rings (SSSR count). The van der Waals surface area contributed by atoms with Crippen molar-refractivity contribution >= 4 is 29.0 Å². The van der Waals surface area contributed by atoms with Gasteiger partial charge in [0.25, 0.3) is 0 Å². The second kappa shape index (κ2) is 7.09. The van der Waals surface area contributed by atoms with Crippen molar-refractivity contribution in [2.75, 3.05) is 19.9 Å². The molecule has 0 saturated heterocycles. The zero-order valence-corrected chi connectivity index (χ0v) is 14.6. The maximum Gasteiger partial charge on any atom is 0.325 e. The van der Waals surface area contributed by atoms with Crippen LogP contribution in [0.4, 0.5) is 10.6 Å². The van der Waals surface area contributed by atoms with E-state index in [1.165, 1.54) is 19.7 Å². The molecule has 2 aromatic heterocycles.